The standard InChI is InChI=1S/C20H27Cl2NO4.2CH4/c1-26-20(25)15-6-3-2-4-11-23(12-10-15)19(24)7-5-13-27-18-9-8-16(21)14-17(18)22;;/h8-9,14-15H,2-7,10-13H2,1H3;2*1H4. The molecule has 0 N–H and O–H groups in total. The maximum Gasteiger partial charge on any atom is 0.308 e. The fourth-order valence-corrected chi connectivity index (χ4v) is 3.71. The molecule has 0 bridgehead atoms. The van der Waals surface area contributed by atoms with Gasteiger partial charge in [0.25, 0.3) is 0 Å². The van der Waals surface area contributed by atoms with Gasteiger partial charge in [0.15, 0.2) is 0 Å². The predicted octanol–water partition coefficient (Wildman–Crippen LogP) is 6.01. The highest BCUT2D eigenvalue weighted by atomic mass is 35.5. The molecule has 0 saturated carbocycles. The van der Waals surface area contributed by atoms with E-state index in [1.165, 1.54) is 7.11 Å². The Morgan fingerprint density at radius 3 is 2.55 bits per heavy atom. The van der Waals surface area contributed by atoms with Crippen molar-refractivity contribution in [3.63, 3.8) is 0 Å². The summed E-state index contributed by atoms with van der Waals surface area (Å²) in [5, 5.41) is 1.02. The molecule has 166 valence electrons. The minimum absolute atomic E-state index is 0. The number of nitrogens with zero attached hydrogens (tertiary/aromatic N) is 1. The maximum atomic E-state index is 12.6. The minimum atomic E-state index is -0.169. The van der Waals surface area contributed by atoms with E-state index in [0.717, 1.165) is 32.2 Å². The summed E-state index contributed by atoms with van der Waals surface area (Å²) in [5.74, 6) is 0.389. The summed E-state index contributed by atoms with van der Waals surface area (Å²) in [6.45, 7) is 1.75. The molecule has 1 unspecified atom stereocenters. The molecule has 7 heteroatoms. The van der Waals surface area contributed by atoms with Crippen molar-refractivity contribution in [2.45, 2.75) is 59.8 Å². The lowest BCUT2D eigenvalue weighted by atomic mass is 9.98. The van der Waals surface area contributed by atoms with Crippen molar-refractivity contribution in [1.29, 1.82) is 0 Å². The average Bonchev–Trinajstić information content (AvgIpc) is 2.78. The van der Waals surface area contributed by atoms with Crippen LogP contribution < -0.4 is 4.74 Å². The third-order valence-corrected chi connectivity index (χ3v) is 5.33. The van der Waals surface area contributed by atoms with Crippen molar-refractivity contribution in [3.8, 4) is 5.75 Å². The Bertz CT molecular complexity index is 639. The first-order valence-corrected chi connectivity index (χ1v) is 10.2. The Balaban J connectivity index is 0.00000392. The van der Waals surface area contributed by atoms with E-state index in [2.05, 4.69) is 0 Å². The van der Waals surface area contributed by atoms with Gasteiger partial charge in [0.1, 0.15) is 5.75 Å². The first-order valence-electron chi connectivity index (χ1n) is 9.44. The van der Waals surface area contributed by atoms with Gasteiger partial charge in [-0.25, -0.2) is 0 Å². The summed E-state index contributed by atoms with van der Waals surface area (Å²) < 4.78 is 10.5. The van der Waals surface area contributed by atoms with Crippen molar-refractivity contribution in [2.24, 2.45) is 5.92 Å². The van der Waals surface area contributed by atoms with Crippen LogP contribution in [0.3, 0.4) is 0 Å². The van der Waals surface area contributed by atoms with Crippen LogP contribution in [0.2, 0.25) is 10.0 Å². The van der Waals surface area contributed by atoms with E-state index in [9.17, 15) is 9.59 Å². The number of hydrogen-bond acceptors (Lipinski definition) is 4. The second-order valence-electron chi connectivity index (χ2n) is 6.77. The maximum absolute atomic E-state index is 12.6. The van der Waals surface area contributed by atoms with Crippen molar-refractivity contribution in [1.82, 2.24) is 4.90 Å². The largest absolute Gasteiger partial charge is 0.492 e. The molecular formula is C22H35Cl2NO4. The zero-order valence-corrected chi connectivity index (χ0v) is 17.2. The molecule has 2 rings (SSSR count). The molecule has 0 aromatic heterocycles. The lowest BCUT2D eigenvalue weighted by Crippen LogP contribution is -2.34. The highest BCUT2D eigenvalue weighted by molar-refractivity contribution is 6.35. The zero-order chi connectivity index (χ0) is 19.6. The second kappa shape index (κ2) is 14.5. The summed E-state index contributed by atoms with van der Waals surface area (Å²) in [4.78, 5) is 26.3. The van der Waals surface area contributed by atoms with Gasteiger partial charge in [0.05, 0.1) is 24.7 Å². The van der Waals surface area contributed by atoms with E-state index in [1.807, 2.05) is 4.90 Å². The average molecular weight is 448 g/mol. The molecule has 1 aliphatic rings. The zero-order valence-electron chi connectivity index (χ0n) is 15.7. The molecule has 0 spiro atoms. The molecule has 1 aliphatic heterocycles. The molecule has 5 nitrogen and oxygen atoms in total. The fourth-order valence-electron chi connectivity index (χ4n) is 3.25. The topological polar surface area (TPSA) is 55.8 Å². The van der Waals surface area contributed by atoms with Gasteiger partial charge in [-0.15, -0.1) is 0 Å². The highest BCUT2D eigenvalue weighted by Gasteiger charge is 2.23. The molecule has 1 saturated heterocycles. The Kier molecular flexibility index (Phi) is 13.8. The predicted molar refractivity (Wildman–Crippen MR) is 120 cm³/mol. The van der Waals surface area contributed by atoms with E-state index in [4.69, 9.17) is 32.7 Å². The van der Waals surface area contributed by atoms with E-state index < -0.39 is 0 Å². The summed E-state index contributed by atoms with van der Waals surface area (Å²) in [6, 6.07) is 5.07. The highest BCUT2D eigenvalue weighted by Crippen LogP contribution is 2.27. The van der Waals surface area contributed by atoms with E-state index >= 15 is 0 Å². The molecule has 1 heterocycles. The van der Waals surface area contributed by atoms with E-state index in [0.29, 0.717) is 48.2 Å². The van der Waals surface area contributed by atoms with E-state index in [1.54, 1.807) is 18.2 Å². The number of rotatable bonds is 6. The lowest BCUT2D eigenvalue weighted by molar-refractivity contribution is -0.146. The Morgan fingerprint density at radius 1 is 1.10 bits per heavy atom. The first-order chi connectivity index (χ1) is 13.0. The number of hydrogen-bond donors (Lipinski definition) is 0. The van der Waals surface area contributed by atoms with Gasteiger partial charge < -0.3 is 14.4 Å². The first kappa shape index (κ1) is 27.5. The number of halogens is 2. The van der Waals surface area contributed by atoms with Crippen LogP contribution in [-0.4, -0.2) is 43.6 Å². The van der Waals surface area contributed by atoms with Crippen molar-refractivity contribution < 1.29 is 19.1 Å². The number of esters is 1. The van der Waals surface area contributed by atoms with Gasteiger partial charge in [0.2, 0.25) is 5.91 Å². The Hall–Kier alpha value is -1.46. The molecule has 1 atom stereocenters. The van der Waals surface area contributed by atoms with Crippen LogP contribution in [0.15, 0.2) is 18.2 Å². The fraction of sp³-hybridized carbons (Fsp3) is 0.636. The van der Waals surface area contributed by atoms with Gasteiger partial charge in [-0.3, -0.25) is 9.59 Å². The Labute approximate surface area is 185 Å². The summed E-state index contributed by atoms with van der Waals surface area (Å²) in [5.41, 5.74) is 0. The van der Waals surface area contributed by atoms with Crippen LogP contribution in [0.25, 0.3) is 0 Å². The van der Waals surface area contributed by atoms with Crippen LogP contribution in [0.4, 0.5) is 0 Å². The quantitative estimate of drug-likeness (QED) is 0.395. The lowest BCUT2D eigenvalue weighted by Gasteiger charge is -2.23. The van der Waals surface area contributed by atoms with Crippen LogP contribution in [0, 0.1) is 5.92 Å². The summed E-state index contributed by atoms with van der Waals surface area (Å²) in [7, 11) is 1.42. The van der Waals surface area contributed by atoms with Gasteiger partial charge in [-0.1, -0.05) is 50.9 Å². The van der Waals surface area contributed by atoms with Crippen molar-refractivity contribution >= 4 is 35.1 Å². The molecule has 1 fully saturated rings. The number of benzene rings is 1. The second-order valence-corrected chi connectivity index (χ2v) is 7.61. The minimum Gasteiger partial charge on any atom is -0.492 e. The number of amides is 1. The molecule has 0 radical (unpaired) electrons. The number of ether oxygens (including phenoxy) is 2. The van der Waals surface area contributed by atoms with Crippen molar-refractivity contribution in [3.05, 3.63) is 28.2 Å². The molecule has 29 heavy (non-hydrogen) atoms. The number of carbonyl (C=O) groups is 2. The van der Waals surface area contributed by atoms with E-state index in [-0.39, 0.29) is 32.6 Å². The van der Waals surface area contributed by atoms with Crippen LogP contribution in [0.5, 0.6) is 5.75 Å². The van der Waals surface area contributed by atoms with Gasteiger partial charge in [0, 0.05) is 24.5 Å². The molecule has 1 aromatic rings. The molecule has 1 amide bonds. The molecular weight excluding hydrogens is 413 g/mol. The van der Waals surface area contributed by atoms with Gasteiger partial charge in [-0.2, -0.15) is 0 Å². The van der Waals surface area contributed by atoms with Crippen LogP contribution >= 0.6 is 23.2 Å². The van der Waals surface area contributed by atoms with Crippen LogP contribution in [-0.2, 0) is 14.3 Å². The third-order valence-electron chi connectivity index (χ3n) is 4.80. The number of methoxy groups -OCH3 is 1. The summed E-state index contributed by atoms with van der Waals surface area (Å²) >= 11 is 11.9. The van der Waals surface area contributed by atoms with Gasteiger partial charge in [-0.05, 0) is 43.9 Å². The Morgan fingerprint density at radius 2 is 1.86 bits per heavy atom. The third kappa shape index (κ3) is 9.26. The van der Waals surface area contributed by atoms with Gasteiger partial charge >= 0.3 is 5.97 Å². The smallest absolute Gasteiger partial charge is 0.308 e. The monoisotopic (exact) mass is 447 g/mol. The molecule has 0 aliphatic carbocycles. The van der Waals surface area contributed by atoms with Crippen molar-refractivity contribution in [2.75, 3.05) is 26.8 Å². The summed E-state index contributed by atoms with van der Waals surface area (Å²) in [6.07, 6.45) is 5.51. The number of carbonyl (C=O) groups excluding carboxylic acids is 2. The SMILES string of the molecule is C.C.COC(=O)C1CCCCCN(C(=O)CCCOc2ccc(Cl)cc2Cl)CC1. The van der Waals surface area contributed by atoms with Crippen LogP contribution in [0.1, 0.15) is 59.8 Å². The molecule has 1 aromatic carbocycles. The normalized spacial score (nSPS) is 16.9.